The Morgan fingerprint density at radius 1 is 1.19 bits per heavy atom. The predicted molar refractivity (Wildman–Crippen MR) is 101 cm³/mol. The van der Waals surface area contributed by atoms with Crippen LogP contribution < -0.4 is 5.84 Å². The third-order valence-electron chi connectivity index (χ3n) is 3.84. The molecule has 3 aromatic rings. The summed E-state index contributed by atoms with van der Waals surface area (Å²) in [5.74, 6) is 6.56. The molecule has 26 heavy (non-hydrogen) atoms. The molecule has 2 aromatic heterocycles. The van der Waals surface area contributed by atoms with E-state index in [9.17, 15) is 4.79 Å². The van der Waals surface area contributed by atoms with Crippen molar-refractivity contribution < 1.29 is 4.79 Å². The number of hydrogen-bond donors (Lipinski definition) is 1. The van der Waals surface area contributed by atoms with E-state index < -0.39 is 5.25 Å². The fraction of sp³-hybridized carbons (Fsp3) is 0.294. The number of carbonyl (C=O) groups is 1. The molecular weight excluding hydrogens is 350 g/mol. The Hall–Kier alpha value is -2.81. The number of benzene rings is 1. The van der Waals surface area contributed by atoms with Crippen LogP contribution in [0.1, 0.15) is 22.2 Å². The quantitative estimate of drug-likeness (QED) is 0.542. The molecule has 8 nitrogen and oxygen atoms in total. The number of aromatic nitrogens is 5. The van der Waals surface area contributed by atoms with Gasteiger partial charge in [0.05, 0.1) is 5.69 Å². The molecule has 0 fully saturated rings. The zero-order valence-electron chi connectivity index (χ0n) is 15.1. The Bertz CT molecular complexity index is 917. The summed E-state index contributed by atoms with van der Waals surface area (Å²) in [4.78, 5) is 14.2. The molecule has 136 valence electrons. The highest BCUT2D eigenvalue weighted by Crippen LogP contribution is 2.35. The number of nitrogens with zero attached hydrogens (tertiary/aromatic N) is 6. The van der Waals surface area contributed by atoms with Gasteiger partial charge in [0.25, 0.3) is 5.95 Å². The van der Waals surface area contributed by atoms with Crippen LogP contribution in [0.25, 0.3) is 5.95 Å². The van der Waals surface area contributed by atoms with E-state index in [1.165, 1.54) is 16.4 Å². The van der Waals surface area contributed by atoms with Crippen LogP contribution in [0.5, 0.6) is 0 Å². The van der Waals surface area contributed by atoms with Gasteiger partial charge in [0.2, 0.25) is 11.1 Å². The molecule has 0 unspecified atom stereocenters. The number of aryl methyl sites for hydroxylation is 2. The zero-order valence-corrected chi connectivity index (χ0v) is 15.9. The molecule has 0 saturated carbocycles. The van der Waals surface area contributed by atoms with Crippen LogP contribution in [-0.4, -0.2) is 49.6 Å². The van der Waals surface area contributed by atoms with Crippen LogP contribution in [0.3, 0.4) is 0 Å². The van der Waals surface area contributed by atoms with Gasteiger partial charge in [-0.15, -0.1) is 10.2 Å². The van der Waals surface area contributed by atoms with Crippen molar-refractivity contribution in [2.45, 2.75) is 24.3 Å². The first-order valence-electron chi connectivity index (χ1n) is 8.05. The highest BCUT2D eigenvalue weighted by atomic mass is 32.2. The molecule has 0 aliphatic heterocycles. The average molecular weight is 371 g/mol. The lowest BCUT2D eigenvalue weighted by molar-refractivity contribution is -0.128. The van der Waals surface area contributed by atoms with Crippen LogP contribution in [0, 0.1) is 13.8 Å². The molecule has 0 aliphatic carbocycles. The second kappa shape index (κ2) is 7.20. The molecule has 1 atom stereocenters. The molecule has 0 aliphatic rings. The standard InChI is InChI=1S/C17H21N7OS/c1-11-10-12(2)24(21-11)16-19-20-17(23(16)18)26-14(15(25)22(3)4)13-8-6-5-7-9-13/h5-10,14H,18H2,1-4H3/t14-/m0/s1. The highest BCUT2D eigenvalue weighted by Gasteiger charge is 2.27. The number of thioether (sulfide) groups is 1. The van der Waals surface area contributed by atoms with Gasteiger partial charge < -0.3 is 10.7 Å². The Kier molecular flexibility index (Phi) is 4.99. The molecule has 2 N–H and O–H groups in total. The molecule has 2 heterocycles. The second-order valence-electron chi connectivity index (χ2n) is 6.13. The Morgan fingerprint density at radius 2 is 1.88 bits per heavy atom. The minimum Gasteiger partial charge on any atom is -0.348 e. The summed E-state index contributed by atoms with van der Waals surface area (Å²) >= 11 is 1.27. The van der Waals surface area contributed by atoms with E-state index in [0.29, 0.717) is 11.1 Å². The Morgan fingerprint density at radius 3 is 2.46 bits per heavy atom. The maximum absolute atomic E-state index is 12.7. The summed E-state index contributed by atoms with van der Waals surface area (Å²) in [6.45, 7) is 3.82. The lowest BCUT2D eigenvalue weighted by Gasteiger charge is -2.20. The number of hydrogen-bond acceptors (Lipinski definition) is 6. The first-order valence-corrected chi connectivity index (χ1v) is 8.93. The van der Waals surface area contributed by atoms with Crippen molar-refractivity contribution in [3.8, 4) is 5.95 Å². The fourth-order valence-corrected chi connectivity index (χ4v) is 3.65. The SMILES string of the molecule is Cc1cc(C)n(-c2nnc(S[C@H](C(=O)N(C)C)c3ccccc3)n2N)n1. The summed E-state index contributed by atoms with van der Waals surface area (Å²) in [5, 5.41) is 12.7. The number of nitrogen functional groups attached to an aromatic ring is 1. The van der Waals surface area contributed by atoms with Gasteiger partial charge in [0.15, 0.2) is 0 Å². The summed E-state index contributed by atoms with van der Waals surface area (Å²) < 4.78 is 3.00. The van der Waals surface area contributed by atoms with Crippen molar-refractivity contribution in [1.82, 2.24) is 29.6 Å². The van der Waals surface area contributed by atoms with E-state index in [1.807, 2.05) is 50.2 Å². The number of likely N-dealkylation sites (N-methyl/N-ethyl adjacent to an activating group) is 1. The van der Waals surface area contributed by atoms with E-state index in [2.05, 4.69) is 15.3 Å². The third-order valence-corrected chi connectivity index (χ3v) is 5.03. The van der Waals surface area contributed by atoms with Gasteiger partial charge in [-0.25, -0.2) is 9.36 Å². The Balaban J connectivity index is 1.95. The maximum Gasteiger partial charge on any atom is 0.271 e. The van der Waals surface area contributed by atoms with Gasteiger partial charge in [0, 0.05) is 19.8 Å². The van der Waals surface area contributed by atoms with Crippen LogP contribution in [0.4, 0.5) is 0 Å². The number of nitrogens with two attached hydrogens (primary N) is 1. The fourth-order valence-electron chi connectivity index (χ4n) is 2.55. The van der Waals surface area contributed by atoms with Crippen LogP contribution in [0.15, 0.2) is 41.6 Å². The van der Waals surface area contributed by atoms with Gasteiger partial charge in [-0.3, -0.25) is 4.79 Å². The third kappa shape index (κ3) is 3.43. The van der Waals surface area contributed by atoms with E-state index >= 15 is 0 Å². The van der Waals surface area contributed by atoms with E-state index in [4.69, 9.17) is 5.84 Å². The maximum atomic E-state index is 12.7. The molecule has 9 heteroatoms. The molecule has 0 bridgehead atoms. The molecule has 1 amide bonds. The average Bonchev–Trinajstić information content (AvgIpc) is 3.14. The predicted octanol–water partition coefficient (Wildman–Crippen LogP) is 1.72. The van der Waals surface area contributed by atoms with Crippen molar-refractivity contribution >= 4 is 17.7 Å². The van der Waals surface area contributed by atoms with Crippen molar-refractivity contribution in [3.05, 3.63) is 53.3 Å². The molecule has 0 radical (unpaired) electrons. The second-order valence-corrected chi connectivity index (χ2v) is 7.20. The van der Waals surface area contributed by atoms with E-state index in [1.54, 1.807) is 23.7 Å². The molecule has 1 aromatic carbocycles. The zero-order chi connectivity index (χ0) is 18.8. The topological polar surface area (TPSA) is 94.9 Å². The summed E-state index contributed by atoms with van der Waals surface area (Å²) in [5.41, 5.74) is 2.65. The van der Waals surface area contributed by atoms with Crippen LogP contribution in [-0.2, 0) is 4.79 Å². The van der Waals surface area contributed by atoms with Crippen LogP contribution >= 0.6 is 11.8 Å². The first kappa shape index (κ1) is 18.0. The normalized spacial score (nSPS) is 12.2. The smallest absolute Gasteiger partial charge is 0.271 e. The number of amides is 1. The minimum atomic E-state index is -0.467. The van der Waals surface area contributed by atoms with E-state index in [-0.39, 0.29) is 5.91 Å². The van der Waals surface area contributed by atoms with Crippen molar-refractivity contribution in [1.29, 1.82) is 0 Å². The minimum absolute atomic E-state index is 0.0446. The van der Waals surface area contributed by atoms with E-state index in [0.717, 1.165) is 17.0 Å². The van der Waals surface area contributed by atoms with Crippen molar-refractivity contribution in [2.24, 2.45) is 0 Å². The van der Waals surface area contributed by atoms with Gasteiger partial charge >= 0.3 is 0 Å². The molecule has 3 rings (SSSR count). The summed E-state index contributed by atoms with van der Waals surface area (Å²) in [7, 11) is 3.46. The molecule has 0 spiro atoms. The number of rotatable bonds is 5. The summed E-state index contributed by atoms with van der Waals surface area (Å²) in [6, 6.07) is 11.5. The largest absolute Gasteiger partial charge is 0.348 e. The molecular formula is C17H21N7OS. The van der Waals surface area contributed by atoms with Gasteiger partial charge in [-0.2, -0.15) is 5.10 Å². The Labute approximate surface area is 156 Å². The first-order chi connectivity index (χ1) is 12.4. The van der Waals surface area contributed by atoms with Crippen LogP contribution in [0.2, 0.25) is 0 Å². The summed E-state index contributed by atoms with van der Waals surface area (Å²) in [6.07, 6.45) is 0. The molecule has 0 saturated heterocycles. The van der Waals surface area contributed by atoms with Gasteiger partial charge in [0.1, 0.15) is 5.25 Å². The lowest BCUT2D eigenvalue weighted by Crippen LogP contribution is -2.27. The monoisotopic (exact) mass is 371 g/mol. The van der Waals surface area contributed by atoms with Crippen molar-refractivity contribution in [3.63, 3.8) is 0 Å². The lowest BCUT2D eigenvalue weighted by atomic mass is 10.1. The van der Waals surface area contributed by atoms with Crippen molar-refractivity contribution in [2.75, 3.05) is 19.9 Å². The van der Waals surface area contributed by atoms with Gasteiger partial charge in [-0.05, 0) is 25.5 Å². The number of carbonyl (C=O) groups excluding carboxylic acids is 1. The van der Waals surface area contributed by atoms with Gasteiger partial charge in [-0.1, -0.05) is 42.1 Å². The highest BCUT2D eigenvalue weighted by molar-refractivity contribution is 8.00.